The molecule has 0 saturated carbocycles. The topological polar surface area (TPSA) is 122 Å². The summed E-state index contributed by atoms with van der Waals surface area (Å²) < 4.78 is 0. The first-order valence-electron chi connectivity index (χ1n) is 8.94. The minimum atomic E-state index is -0.576. The lowest BCUT2D eigenvalue weighted by Gasteiger charge is -2.08. The van der Waals surface area contributed by atoms with Gasteiger partial charge in [-0.05, 0) is 29.0 Å². The van der Waals surface area contributed by atoms with Gasteiger partial charge in [-0.1, -0.05) is 30.3 Å². The third-order valence-electron chi connectivity index (χ3n) is 4.40. The highest BCUT2D eigenvalue weighted by atomic mass is 16.6. The van der Waals surface area contributed by atoms with Crippen LogP contribution in [0, 0.1) is 10.1 Å². The lowest BCUT2D eigenvalue weighted by Crippen LogP contribution is -2.30. The molecule has 0 aliphatic heterocycles. The number of nitrogens with one attached hydrogen (secondary N) is 2. The Labute approximate surface area is 166 Å². The van der Waals surface area contributed by atoms with Crippen LogP contribution in [0.25, 0.3) is 10.8 Å². The fourth-order valence-electron chi connectivity index (χ4n) is 2.83. The molecule has 148 valence electrons. The standard InChI is InChI=1S/C21H19N3O5/c25-19-8-7-18(24(28)29)12-17(19)13-23-20(26)9-10-22-21(27)16-6-5-14-3-1-2-4-15(14)11-16/h1-8,11-12,25H,9-10,13H2,(H,22,27)(H,23,26). The van der Waals surface area contributed by atoms with E-state index in [1.165, 1.54) is 18.2 Å². The minimum absolute atomic E-state index is 0.0367. The van der Waals surface area contributed by atoms with Crippen LogP contribution < -0.4 is 10.6 Å². The van der Waals surface area contributed by atoms with Crippen LogP contribution in [-0.2, 0) is 11.3 Å². The number of hydrogen-bond acceptors (Lipinski definition) is 5. The number of nitrogens with zero attached hydrogens (tertiary/aromatic N) is 1. The highest BCUT2D eigenvalue weighted by Gasteiger charge is 2.12. The maximum atomic E-state index is 12.3. The van der Waals surface area contributed by atoms with Crippen molar-refractivity contribution in [2.75, 3.05) is 6.54 Å². The Morgan fingerprint density at radius 1 is 0.966 bits per heavy atom. The van der Waals surface area contributed by atoms with Crippen LogP contribution >= 0.6 is 0 Å². The Morgan fingerprint density at radius 3 is 2.48 bits per heavy atom. The normalized spacial score (nSPS) is 10.5. The molecule has 0 fully saturated rings. The second-order valence-electron chi connectivity index (χ2n) is 6.41. The van der Waals surface area contributed by atoms with Gasteiger partial charge in [-0.3, -0.25) is 19.7 Å². The van der Waals surface area contributed by atoms with E-state index < -0.39 is 4.92 Å². The van der Waals surface area contributed by atoms with Crippen LogP contribution in [0.2, 0.25) is 0 Å². The van der Waals surface area contributed by atoms with E-state index in [-0.39, 0.29) is 48.3 Å². The van der Waals surface area contributed by atoms with Gasteiger partial charge in [-0.25, -0.2) is 0 Å². The van der Waals surface area contributed by atoms with Crippen LogP contribution in [-0.4, -0.2) is 28.4 Å². The number of hydrogen-bond donors (Lipinski definition) is 3. The molecular formula is C21H19N3O5. The zero-order valence-electron chi connectivity index (χ0n) is 15.4. The Kier molecular flexibility index (Phi) is 6.03. The molecule has 0 bridgehead atoms. The van der Waals surface area contributed by atoms with E-state index in [0.29, 0.717) is 5.56 Å². The van der Waals surface area contributed by atoms with Gasteiger partial charge in [0, 0.05) is 42.8 Å². The van der Waals surface area contributed by atoms with Crippen molar-refractivity contribution in [1.82, 2.24) is 10.6 Å². The number of nitro groups is 1. The van der Waals surface area contributed by atoms with E-state index in [9.17, 15) is 24.8 Å². The van der Waals surface area contributed by atoms with Crippen molar-refractivity contribution in [3.63, 3.8) is 0 Å². The van der Waals surface area contributed by atoms with E-state index in [1.54, 1.807) is 12.1 Å². The summed E-state index contributed by atoms with van der Waals surface area (Å²) in [6.07, 6.45) is 0.0367. The Morgan fingerprint density at radius 2 is 1.72 bits per heavy atom. The second-order valence-corrected chi connectivity index (χ2v) is 6.41. The molecule has 0 saturated heterocycles. The number of carbonyl (C=O) groups is 2. The van der Waals surface area contributed by atoms with Gasteiger partial charge in [0.05, 0.1) is 4.92 Å². The van der Waals surface area contributed by atoms with E-state index >= 15 is 0 Å². The monoisotopic (exact) mass is 393 g/mol. The molecule has 3 N–H and O–H groups in total. The molecule has 29 heavy (non-hydrogen) atoms. The van der Waals surface area contributed by atoms with Crippen LogP contribution in [0.3, 0.4) is 0 Å². The fraction of sp³-hybridized carbons (Fsp3) is 0.143. The zero-order valence-corrected chi connectivity index (χ0v) is 15.4. The van der Waals surface area contributed by atoms with Gasteiger partial charge < -0.3 is 15.7 Å². The van der Waals surface area contributed by atoms with Crippen LogP contribution in [0.5, 0.6) is 5.75 Å². The van der Waals surface area contributed by atoms with E-state index in [2.05, 4.69) is 10.6 Å². The number of phenolic OH excluding ortho intramolecular Hbond substituents is 1. The molecule has 8 heteroatoms. The Hall–Kier alpha value is -3.94. The van der Waals surface area contributed by atoms with Gasteiger partial charge in [0.25, 0.3) is 11.6 Å². The molecule has 0 aliphatic carbocycles. The molecular weight excluding hydrogens is 374 g/mol. The number of carbonyl (C=O) groups excluding carboxylic acids is 2. The van der Waals surface area contributed by atoms with E-state index in [4.69, 9.17) is 0 Å². The predicted octanol–water partition coefficient (Wildman–Crippen LogP) is 2.89. The van der Waals surface area contributed by atoms with Crippen molar-refractivity contribution in [3.05, 3.63) is 81.9 Å². The lowest BCUT2D eigenvalue weighted by atomic mass is 10.1. The summed E-state index contributed by atoms with van der Waals surface area (Å²) in [4.78, 5) is 34.4. The van der Waals surface area contributed by atoms with Crippen molar-refractivity contribution in [2.24, 2.45) is 0 Å². The summed E-state index contributed by atoms with van der Waals surface area (Å²) in [6, 6.07) is 16.7. The smallest absolute Gasteiger partial charge is 0.270 e. The molecule has 3 rings (SSSR count). The summed E-state index contributed by atoms with van der Waals surface area (Å²) in [5.41, 5.74) is 0.577. The third kappa shape index (κ3) is 5.07. The number of amides is 2. The van der Waals surface area contributed by atoms with Crippen molar-refractivity contribution in [1.29, 1.82) is 0 Å². The van der Waals surface area contributed by atoms with Crippen molar-refractivity contribution < 1.29 is 19.6 Å². The predicted molar refractivity (Wildman–Crippen MR) is 108 cm³/mol. The van der Waals surface area contributed by atoms with Gasteiger partial charge in [0.1, 0.15) is 5.75 Å². The first-order chi connectivity index (χ1) is 13.9. The summed E-state index contributed by atoms with van der Waals surface area (Å²) in [5, 5.41) is 27.8. The van der Waals surface area contributed by atoms with Crippen LogP contribution in [0.1, 0.15) is 22.3 Å². The van der Waals surface area contributed by atoms with E-state index in [1.807, 2.05) is 30.3 Å². The highest BCUT2D eigenvalue weighted by molar-refractivity contribution is 5.98. The molecule has 0 aromatic heterocycles. The molecule has 0 aliphatic rings. The van der Waals surface area contributed by atoms with Gasteiger partial charge in [-0.15, -0.1) is 0 Å². The van der Waals surface area contributed by atoms with Gasteiger partial charge >= 0.3 is 0 Å². The maximum Gasteiger partial charge on any atom is 0.270 e. The number of nitro benzene ring substituents is 1. The van der Waals surface area contributed by atoms with Crippen LogP contribution in [0.15, 0.2) is 60.7 Å². The Balaban J connectivity index is 1.49. The second kappa shape index (κ2) is 8.83. The molecule has 2 amide bonds. The van der Waals surface area contributed by atoms with E-state index in [0.717, 1.165) is 10.8 Å². The molecule has 8 nitrogen and oxygen atoms in total. The summed E-state index contributed by atoms with van der Waals surface area (Å²) >= 11 is 0. The third-order valence-corrected chi connectivity index (χ3v) is 4.40. The highest BCUT2D eigenvalue weighted by Crippen LogP contribution is 2.22. The number of benzene rings is 3. The van der Waals surface area contributed by atoms with Crippen LogP contribution in [0.4, 0.5) is 5.69 Å². The molecule has 0 spiro atoms. The minimum Gasteiger partial charge on any atom is -0.508 e. The zero-order chi connectivity index (χ0) is 20.8. The van der Waals surface area contributed by atoms with Gasteiger partial charge in [0.2, 0.25) is 5.91 Å². The largest absolute Gasteiger partial charge is 0.508 e. The molecule has 0 unspecified atom stereocenters. The van der Waals surface area contributed by atoms with Crippen molar-refractivity contribution >= 4 is 28.3 Å². The van der Waals surface area contributed by atoms with Gasteiger partial charge in [0.15, 0.2) is 0 Å². The summed E-state index contributed by atoms with van der Waals surface area (Å²) in [7, 11) is 0. The first kappa shape index (κ1) is 19.8. The van der Waals surface area contributed by atoms with Crippen molar-refractivity contribution in [2.45, 2.75) is 13.0 Å². The average molecular weight is 393 g/mol. The number of fused-ring (bicyclic) bond motifs is 1. The molecule has 0 heterocycles. The first-order valence-corrected chi connectivity index (χ1v) is 8.94. The van der Waals surface area contributed by atoms with Crippen molar-refractivity contribution in [3.8, 4) is 5.75 Å². The maximum absolute atomic E-state index is 12.3. The average Bonchev–Trinajstić information content (AvgIpc) is 2.72. The number of aromatic hydroxyl groups is 1. The quantitative estimate of drug-likeness (QED) is 0.421. The summed E-state index contributed by atoms with van der Waals surface area (Å²) in [5.74, 6) is -0.768. The SMILES string of the molecule is O=C(CCNC(=O)c1ccc2ccccc2c1)NCc1cc([N+](=O)[O-])ccc1O. The lowest BCUT2D eigenvalue weighted by molar-refractivity contribution is -0.384. The Bertz CT molecular complexity index is 1080. The number of non-ortho nitro benzene ring substituents is 1. The van der Waals surface area contributed by atoms with Gasteiger partial charge in [-0.2, -0.15) is 0 Å². The fourth-order valence-corrected chi connectivity index (χ4v) is 2.83. The number of rotatable bonds is 7. The summed E-state index contributed by atoms with van der Waals surface area (Å²) in [6.45, 7) is 0.0867. The molecule has 3 aromatic rings. The molecule has 0 atom stereocenters. The number of phenols is 1. The molecule has 3 aromatic carbocycles. The molecule has 0 radical (unpaired) electrons.